The van der Waals surface area contributed by atoms with Crippen LogP contribution in [0, 0.1) is 18.3 Å². The monoisotopic (exact) mass is 252 g/mol. The summed E-state index contributed by atoms with van der Waals surface area (Å²) in [6.07, 6.45) is 0. The molecule has 5 nitrogen and oxygen atoms in total. The number of nitrogens with zero attached hydrogens (tertiary/aromatic N) is 1. The molecule has 0 fully saturated rings. The Balaban J connectivity index is 3.15. The highest BCUT2D eigenvalue weighted by molar-refractivity contribution is 7.89. The molecule has 0 unspecified atom stereocenters. The summed E-state index contributed by atoms with van der Waals surface area (Å²) in [7, 11) is -3.74. The van der Waals surface area contributed by atoms with Crippen LogP contribution in [0.15, 0.2) is 23.1 Å². The molecule has 0 saturated carbocycles. The van der Waals surface area contributed by atoms with Gasteiger partial charge < -0.3 is 0 Å². The Morgan fingerprint density at radius 3 is 2.65 bits per heavy atom. The molecule has 0 aliphatic heterocycles. The molecule has 1 rings (SSSR count). The zero-order valence-electron chi connectivity index (χ0n) is 9.52. The Hall–Kier alpha value is -1.71. The van der Waals surface area contributed by atoms with E-state index in [0.717, 1.165) is 0 Å². The topological polar surface area (TPSA) is 87.0 Å². The highest BCUT2D eigenvalue weighted by atomic mass is 32.2. The first kappa shape index (κ1) is 13.4. The van der Waals surface area contributed by atoms with Crippen LogP contribution in [0.1, 0.15) is 18.1 Å². The SMILES string of the molecule is CC(=O)CNS(=O)(=O)c1cc(C#N)ccc1C. The molecule has 0 amide bonds. The largest absolute Gasteiger partial charge is 0.299 e. The number of hydrogen-bond donors (Lipinski definition) is 1. The van der Waals surface area contributed by atoms with Crippen molar-refractivity contribution in [1.82, 2.24) is 4.72 Å². The van der Waals surface area contributed by atoms with Gasteiger partial charge in [0, 0.05) is 0 Å². The number of ketones is 1. The Labute approximate surface area is 100 Å². The average Bonchev–Trinajstić information content (AvgIpc) is 2.27. The van der Waals surface area contributed by atoms with E-state index in [1.807, 2.05) is 6.07 Å². The summed E-state index contributed by atoms with van der Waals surface area (Å²) in [5, 5.41) is 8.72. The number of nitriles is 1. The predicted octanol–water partition coefficient (Wildman–Crippen LogP) is 0.734. The Kier molecular flexibility index (Phi) is 3.99. The number of nitrogens with one attached hydrogen (secondary N) is 1. The fourth-order valence-electron chi connectivity index (χ4n) is 1.23. The molecule has 17 heavy (non-hydrogen) atoms. The Morgan fingerprint density at radius 1 is 1.47 bits per heavy atom. The highest BCUT2D eigenvalue weighted by Crippen LogP contribution is 2.16. The third-order valence-electron chi connectivity index (χ3n) is 2.12. The number of sulfonamides is 1. The molecule has 0 bridgehead atoms. The molecular formula is C11H12N2O3S. The zero-order chi connectivity index (χ0) is 13.1. The van der Waals surface area contributed by atoms with Crippen LogP contribution in [0.3, 0.4) is 0 Å². The Bertz CT molecular complexity index is 585. The minimum absolute atomic E-state index is 0.0257. The maximum Gasteiger partial charge on any atom is 0.241 e. The van der Waals surface area contributed by atoms with Crippen LogP contribution in [0.25, 0.3) is 0 Å². The third kappa shape index (κ3) is 3.37. The van der Waals surface area contributed by atoms with E-state index < -0.39 is 10.0 Å². The van der Waals surface area contributed by atoms with Gasteiger partial charge >= 0.3 is 0 Å². The molecule has 1 aromatic rings. The van der Waals surface area contributed by atoms with Crippen molar-refractivity contribution in [3.05, 3.63) is 29.3 Å². The number of Topliss-reactive ketones (excluding diaryl/α,β-unsaturated/α-hetero) is 1. The first-order valence-electron chi connectivity index (χ1n) is 4.86. The molecular weight excluding hydrogens is 240 g/mol. The van der Waals surface area contributed by atoms with E-state index in [1.165, 1.54) is 13.0 Å². The van der Waals surface area contributed by atoms with E-state index in [9.17, 15) is 13.2 Å². The van der Waals surface area contributed by atoms with E-state index in [1.54, 1.807) is 19.1 Å². The number of rotatable bonds is 4. The summed E-state index contributed by atoms with van der Waals surface area (Å²) in [4.78, 5) is 10.8. The lowest BCUT2D eigenvalue weighted by Gasteiger charge is -2.08. The second kappa shape index (κ2) is 5.08. The fraction of sp³-hybridized carbons (Fsp3) is 0.273. The van der Waals surface area contributed by atoms with Crippen LogP contribution in [-0.2, 0) is 14.8 Å². The minimum atomic E-state index is -3.74. The summed E-state index contributed by atoms with van der Waals surface area (Å²) < 4.78 is 25.9. The number of benzene rings is 1. The second-order valence-electron chi connectivity index (χ2n) is 3.62. The summed E-state index contributed by atoms with van der Waals surface area (Å²) >= 11 is 0. The number of aryl methyl sites for hydroxylation is 1. The summed E-state index contributed by atoms with van der Waals surface area (Å²) in [6, 6.07) is 6.26. The maximum absolute atomic E-state index is 11.9. The van der Waals surface area contributed by atoms with Crippen molar-refractivity contribution in [2.75, 3.05) is 6.54 Å². The first-order chi connectivity index (χ1) is 7.86. The summed E-state index contributed by atoms with van der Waals surface area (Å²) in [5.74, 6) is -0.275. The molecule has 1 aromatic carbocycles. The predicted molar refractivity (Wildman–Crippen MR) is 61.8 cm³/mol. The van der Waals surface area contributed by atoms with Gasteiger partial charge in [-0.1, -0.05) is 6.07 Å². The van der Waals surface area contributed by atoms with Crippen molar-refractivity contribution >= 4 is 15.8 Å². The summed E-state index contributed by atoms with van der Waals surface area (Å²) in [6.45, 7) is 2.67. The van der Waals surface area contributed by atoms with Gasteiger partial charge in [0.25, 0.3) is 0 Å². The standard InChI is InChI=1S/C11H12N2O3S/c1-8-3-4-10(6-12)5-11(8)17(15,16)13-7-9(2)14/h3-5,13H,7H2,1-2H3. The van der Waals surface area contributed by atoms with Crippen LogP contribution >= 0.6 is 0 Å². The van der Waals surface area contributed by atoms with E-state index >= 15 is 0 Å². The van der Waals surface area contributed by atoms with E-state index in [0.29, 0.717) is 5.56 Å². The summed E-state index contributed by atoms with van der Waals surface area (Å²) in [5.41, 5.74) is 0.791. The molecule has 0 aromatic heterocycles. The normalized spacial score (nSPS) is 10.9. The van der Waals surface area contributed by atoms with E-state index in [4.69, 9.17) is 5.26 Å². The van der Waals surface area contributed by atoms with Crippen molar-refractivity contribution in [3.8, 4) is 6.07 Å². The first-order valence-corrected chi connectivity index (χ1v) is 6.35. The number of hydrogen-bond acceptors (Lipinski definition) is 4. The highest BCUT2D eigenvalue weighted by Gasteiger charge is 2.17. The van der Waals surface area contributed by atoms with Crippen molar-refractivity contribution in [3.63, 3.8) is 0 Å². The van der Waals surface area contributed by atoms with Crippen molar-refractivity contribution < 1.29 is 13.2 Å². The van der Waals surface area contributed by atoms with Gasteiger partial charge in [0.05, 0.1) is 23.1 Å². The molecule has 0 radical (unpaired) electrons. The van der Waals surface area contributed by atoms with Crippen LogP contribution in [0.2, 0.25) is 0 Å². The van der Waals surface area contributed by atoms with Gasteiger partial charge in [-0.05, 0) is 31.5 Å². The molecule has 1 N–H and O–H groups in total. The van der Waals surface area contributed by atoms with Crippen LogP contribution in [-0.4, -0.2) is 20.7 Å². The van der Waals surface area contributed by atoms with Gasteiger partial charge in [0.1, 0.15) is 5.78 Å². The smallest absolute Gasteiger partial charge is 0.241 e. The molecule has 0 atom stereocenters. The van der Waals surface area contributed by atoms with Crippen molar-refractivity contribution in [2.24, 2.45) is 0 Å². The van der Waals surface area contributed by atoms with Crippen LogP contribution in [0.4, 0.5) is 0 Å². The lowest BCUT2D eigenvalue weighted by molar-refractivity contribution is -0.115. The zero-order valence-corrected chi connectivity index (χ0v) is 10.3. The molecule has 90 valence electrons. The van der Waals surface area contributed by atoms with Crippen molar-refractivity contribution in [2.45, 2.75) is 18.7 Å². The third-order valence-corrected chi connectivity index (χ3v) is 3.66. The molecule has 0 saturated heterocycles. The maximum atomic E-state index is 11.9. The van der Waals surface area contributed by atoms with Crippen LogP contribution < -0.4 is 4.72 Å². The van der Waals surface area contributed by atoms with Gasteiger partial charge in [-0.25, -0.2) is 13.1 Å². The Morgan fingerprint density at radius 2 is 2.12 bits per heavy atom. The average molecular weight is 252 g/mol. The molecule has 6 heteroatoms. The molecule has 0 heterocycles. The quantitative estimate of drug-likeness (QED) is 0.856. The van der Waals surface area contributed by atoms with Crippen LogP contribution in [0.5, 0.6) is 0 Å². The van der Waals surface area contributed by atoms with Gasteiger partial charge in [-0.2, -0.15) is 5.26 Å². The number of carbonyl (C=O) groups excluding carboxylic acids is 1. The van der Waals surface area contributed by atoms with E-state index in [-0.39, 0.29) is 22.8 Å². The minimum Gasteiger partial charge on any atom is -0.299 e. The van der Waals surface area contributed by atoms with Gasteiger partial charge in [0.15, 0.2) is 0 Å². The van der Waals surface area contributed by atoms with Crippen molar-refractivity contribution in [1.29, 1.82) is 5.26 Å². The molecule has 0 spiro atoms. The fourth-order valence-corrected chi connectivity index (χ4v) is 2.56. The van der Waals surface area contributed by atoms with Gasteiger partial charge in [-0.3, -0.25) is 4.79 Å². The molecule has 0 aliphatic rings. The molecule has 0 aliphatic carbocycles. The van der Waals surface area contributed by atoms with Gasteiger partial charge in [-0.15, -0.1) is 0 Å². The van der Waals surface area contributed by atoms with Gasteiger partial charge in [0.2, 0.25) is 10.0 Å². The van der Waals surface area contributed by atoms with E-state index in [2.05, 4.69) is 4.72 Å². The number of carbonyl (C=O) groups is 1. The second-order valence-corrected chi connectivity index (χ2v) is 5.35. The lowest BCUT2D eigenvalue weighted by atomic mass is 10.2. The lowest BCUT2D eigenvalue weighted by Crippen LogP contribution is -2.29.